The molecular weight excluding hydrogens is 306 g/mol. The lowest BCUT2D eigenvalue weighted by molar-refractivity contribution is 0.411. The van der Waals surface area contributed by atoms with E-state index in [-0.39, 0.29) is 0 Å². The van der Waals surface area contributed by atoms with Crippen LogP contribution in [0.4, 0.5) is 23.2 Å². The molecule has 0 amide bonds. The van der Waals surface area contributed by atoms with Gasteiger partial charge in [0.2, 0.25) is 0 Å². The molecule has 0 aliphatic carbocycles. The fraction of sp³-hybridized carbons (Fsp3) is 0.667. The summed E-state index contributed by atoms with van der Waals surface area (Å²) in [6.45, 7) is 7.86. The molecule has 1 atom stereocenters. The minimum Gasteiger partial charge on any atom is -0.367 e. The number of rotatable bonds is 9. The van der Waals surface area contributed by atoms with Crippen molar-refractivity contribution < 1.29 is 17.6 Å². The van der Waals surface area contributed by atoms with Crippen molar-refractivity contribution in [2.24, 2.45) is 5.92 Å². The van der Waals surface area contributed by atoms with Crippen molar-refractivity contribution in [3.63, 3.8) is 0 Å². The molecule has 0 aromatic heterocycles. The van der Waals surface area contributed by atoms with Crippen LogP contribution in [-0.4, -0.2) is 13.1 Å². The van der Waals surface area contributed by atoms with Gasteiger partial charge < -0.3 is 4.90 Å². The summed E-state index contributed by atoms with van der Waals surface area (Å²) in [7, 11) is 0. The fourth-order valence-electron chi connectivity index (χ4n) is 2.82. The Hall–Kier alpha value is -1.26. The molecule has 1 nitrogen and oxygen atoms in total. The van der Waals surface area contributed by atoms with Gasteiger partial charge in [0.05, 0.1) is 0 Å². The molecule has 1 aromatic rings. The largest absolute Gasteiger partial charge is 0.367 e. The standard InChI is InChI=1S/C18H27F4N/c1-5-8-9-13(6-2)10-11-23(7-3)18-15(20)12(4)14(19)16(21)17(18)22/h13H,5-11H2,1-4H3. The highest BCUT2D eigenvalue weighted by Crippen LogP contribution is 2.31. The predicted molar refractivity (Wildman–Crippen MR) is 86.8 cm³/mol. The molecule has 0 fully saturated rings. The van der Waals surface area contributed by atoms with Gasteiger partial charge >= 0.3 is 0 Å². The lowest BCUT2D eigenvalue weighted by atomic mass is 9.95. The van der Waals surface area contributed by atoms with Crippen LogP contribution in [-0.2, 0) is 0 Å². The predicted octanol–water partition coefficient (Wildman–Crippen LogP) is 5.98. The van der Waals surface area contributed by atoms with Crippen LogP contribution in [0, 0.1) is 36.1 Å². The Morgan fingerprint density at radius 2 is 1.52 bits per heavy atom. The summed E-state index contributed by atoms with van der Waals surface area (Å²) >= 11 is 0. The van der Waals surface area contributed by atoms with Crippen LogP contribution in [0.25, 0.3) is 0 Å². The first-order chi connectivity index (χ1) is 10.9. The van der Waals surface area contributed by atoms with Gasteiger partial charge in [0.25, 0.3) is 0 Å². The summed E-state index contributed by atoms with van der Waals surface area (Å²) in [6.07, 6.45) is 5.09. The lowest BCUT2D eigenvalue weighted by Gasteiger charge is -2.27. The van der Waals surface area contributed by atoms with E-state index in [9.17, 15) is 17.6 Å². The van der Waals surface area contributed by atoms with E-state index in [2.05, 4.69) is 13.8 Å². The zero-order valence-corrected chi connectivity index (χ0v) is 14.5. The summed E-state index contributed by atoms with van der Waals surface area (Å²) in [4.78, 5) is 1.47. The first-order valence-electron chi connectivity index (χ1n) is 8.46. The smallest absolute Gasteiger partial charge is 0.197 e. The maximum absolute atomic E-state index is 14.3. The number of hydrogen-bond donors (Lipinski definition) is 0. The van der Waals surface area contributed by atoms with Crippen molar-refractivity contribution >= 4 is 5.69 Å². The summed E-state index contributed by atoms with van der Waals surface area (Å²) in [5.74, 6) is -5.02. The molecule has 1 unspecified atom stereocenters. The van der Waals surface area contributed by atoms with Crippen molar-refractivity contribution in [3.05, 3.63) is 28.8 Å². The summed E-state index contributed by atoms with van der Waals surface area (Å²) in [5, 5.41) is 0. The van der Waals surface area contributed by atoms with Crippen LogP contribution in [0.1, 0.15) is 58.4 Å². The van der Waals surface area contributed by atoms with Crippen molar-refractivity contribution in [2.75, 3.05) is 18.0 Å². The van der Waals surface area contributed by atoms with Crippen LogP contribution in [0.2, 0.25) is 0 Å². The van der Waals surface area contributed by atoms with Crippen LogP contribution >= 0.6 is 0 Å². The maximum Gasteiger partial charge on any atom is 0.197 e. The first-order valence-corrected chi connectivity index (χ1v) is 8.46. The second-order valence-corrected chi connectivity index (χ2v) is 6.01. The third kappa shape index (κ3) is 4.61. The molecule has 0 heterocycles. The van der Waals surface area contributed by atoms with Crippen LogP contribution in [0.3, 0.4) is 0 Å². The highest BCUT2D eigenvalue weighted by atomic mass is 19.2. The van der Waals surface area contributed by atoms with Gasteiger partial charge in [-0.3, -0.25) is 0 Å². The zero-order chi connectivity index (χ0) is 17.6. The molecule has 0 bridgehead atoms. The van der Waals surface area contributed by atoms with Gasteiger partial charge in [-0.15, -0.1) is 0 Å². The summed E-state index contributed by atoms with van der Waals surface area (Å²) in [6, 6.07) is 0. The molecule has 23 heavy (non-hydrogen) atoms. The Labute approximate surface area is 136 Å². The van der Waals surface area contributed by atoms with Crippen molar-refractivity contribution in [1.82, 2.24) is 0 Å². The van der Waals surface area contributed by atoms with Crippen molar-refractivity contribution in [1.29, 1.82) is 0 Å². The fourth-order valence-corrected chi connectivity index (χ4v) is 2.82. The Morgan fingerprint density at radius 1 is 0.870 bits per heavy atom. The van der Waals surface area contributed by atoms with E-state index in [4.69, 9.17) is 0 Å². The molecule has 0 aliphatic heterocycles. The topological polar surface area (TPSA) is 3.24 Å². The number of hydrogen-bond acceptors (Lipinski definition) is 1. The van der Waals surface area contributed by atoms with Gasteiger partial charge in [-0.05, 0) is 26.2 Å². The Morgan fingerprint density at radius 3 is 2.04 bits per heavy atom. The molecular formula is C18H27F4N. The van der Waals surface area contributed by atoms with Crippen LogP contribution in [0.5, 0.6) is 0 Å². The number of unbranched alkanes of at least 4 members (excludes halogenated alkanes) is 1. The number of halogens is 4. The quantitative estimate of drug-likeness (QED) is 0.305. The molecule has 5 heteroatoms. The van der Waals surface area contributed by atoms with E-state index in [0.29, 0.717) is 19.0 Å². The van der Waals surface area contributed by atoms with Gasteiger partial charge in [-0.2, -0.15) is 0 Å². The second-order valence-electron chi connectivity index (χ2n) is 6.01. The average Bonchev–Trinajstić information content (AvgIpc) is 2.56. The molecule has 0 radical (unpaired) electrons. The van der Waals surface area contributed by atoms with Gasteiger partial charge in [-0.1, -0.05) is 39.5 Å². The third-order valence-electron chi connectivity index (χ3n) is 4.51. The Kier molecular flexibility index (Phi) is 7.86. The monoisotopic (exact) mass is 333 g/mol. The third-order valence-corrected chi connectivity index (χ3v) is 4.51. The van der Waals surface area contributed by atoms with E-state index in [1.165, 1.54) is 4.90 Å². The minimum absolute atomic E-state index is 0.336. The summed E-state index contributed by atoms with van der Waals surface area (Å²) < 4.78 is 55.4. The Bertz CT molecular complexity index is 487. The number of benzene rings is 1. The van der Waals surface area contributed by atoms with Crippen LogP contribution in [0.15, 0.2) is 0 Å². The molecule has 1 aromatic carbocycles. The summed E-state index contributed by atoms with van der Waals surface area (Å²) in [5.41, 5.74) is -0.926. The van der Waals surface area contributed by atoms with E-state index in [1.54, 1.807) is 6.92 Å². The molecule has 0 spiro atoms. The Balaban J connectivity index is 2.98. The van der Waals surface area contributed by atoms with E-state index >= 15 is 0 Å². The number of anilines is 1. The molecule has 0 N–H and O–H groups in total. The second kappa shape index (κ2) is 9.14. The normalized spacial score (nSPS) is 12.5. The highest BCUT2D eigenvalue weighted by molar-refractivity contribution is 5.52. The van der Waals surface area contributed by atoms with Crippen LogP contribution < -0.4 is 4.90 Å². The highest BCUT2D eigenvalue weighted by Gasteiger charge is 2.26. The average molecular weight is 333 g/mol. The zero-order valence-electron chi connectivity index (χ0n) is 14.5. The number of nitrogens with zero attached hydrogens (tertiary/aromatic N) is 1. The van der Waals surface area contributed by atoms with E-state index < -0.39 is 34.5 Å². The molecule has 132 valence electrons. The molecule has 0 saturated heterocycles. The van der Waals surface area contributed by atoms with Gasteiger partial charge in [-0.25, -0.2) is 17.6 Å². The van der Waals surface area contributed by atoms with Crippen molar-refractivity contribution in [3.8, 4) is 0 Å². The van der Waals surface area contributed by atoms with Gasteiger partial charge in [0.15, 0.2) is 23.3 Å². The maximum atomic E-state index is 14.3. The SMILES string of the molecule is CCCCC(CC)CCN(CC)c1c(F)c(C)c(F)c(F)c1F. The van der Waals surface area contributed by atoms with Crippen molar-refractivity contribution in [2.45, 2.75) is 59.8 Å². The van der Waals surface area contributed by atoms with E-state index in [1.807, 2.05) is 0 Å². The molecule has 1 rings (SSSR count). The lowest BCUT2D eigenvalue weighted by Crippen LogP contribution is -2.28. The van der Waals surface area contributed by atoms with E-state index in [0.717, 1.165) is 39.0 Å². The minimum atomic E-state index is -1.60. The van der Waals surface area contributed by atoms with Gasteiger partial charge in [0.1, 0.15) is 5.69 Å². The molecule has 0 aliphatic rings. The first kappa shape index (κ1) is 19.8. The molecule has 0 saturated carbocycles. The van der Waals surface area contributed by atoms with Gasteiger partial charge in [0, 0.05) is 18.7 Å².